The molecular formula is C32H39FN2O4. The Kier molecular flexibility index (Phi) is 8.78. The van der Waals surface area contributed by atoms with Gasteiger partial charge < -0.3 is 19.7 Å². The third-order valence-electron chi connectivity index (χ3n) is 8.02. The van der Waals surface area contributed by atoms with E-state index >= 15 is 0 Å². The van der Waals surface area contributed by atoms with Gasteiger partial charge in [-0.15, -0.1) is 0 Å². The van der Waals surface area contributed by atoms with Crippen LogP contribution in [0.4, 0.5) is 4.39 Å². The number of rotatable bonds is 11. The second kappa shape index (κ2) is 12.1. The molecule has 208 valence electrons. The number of hydrogen-bond donors (Lipinski definition) is 1. The zero-order valence-corrected chi connectivity index (χ0v) is 23.5. The molecule has 0 spiro atoms. The van der Waals surface area contributed by atoms with Crippen molar-refractivity contribution in [3.63, 3.8) is 0 Å². The zero-order chi connectivity index (χ0) is 28.2. The van der Waals surface area contributed by atoms with Crippen LogP contribution in [0.15, 0.2) is 76.9 Å². The molecule has 2 aliphatic heterocycles. The van der Waals surface area contributed by atoms with E-state index in [4.69, 9.17) is 9.47 Å². The molecule has 1 amide bonds. The fraction of sp³-hybridized carbons (Fsp3) is 0.438. The van der Waals surface area contributed by atoms with Crippen LogP contribution < -0.4 is 5.32 Å². The summed E-state index contributed by atoms with van der Waals surface area (Å²) in [7, 11) is 1.59. The van der Waals surface area contributed by atoms with Crippen LogP contribution in [0.2, 0.25) is 0 Å². The summed E-state index contributed by atoms with van der Waals surface area (Å²) >= 11 is 0. The quantitative estimate of drug-likeness (QED) is 0.221. The Balaban J connectivity index is 1.56. The van der Waals surface area contributed by atoms with Crippen LogP contribution in [-0.2, 0) is 25.5 Å². The molecule has 0 bridgehead atoms. The molecule has 4 rings (SSSR count). The first kappa shape index (κ1) is 28.4. The Labute approximate surface area is 230 Å². The minimum atomic E-state index is -0.548. The van der Waals surface area contributed by atoms with E-state index in [2.05, 4.69) is 11.9 Å². The van der Waals surface area contributed by atoms with Gasteiger partial charge in [-0.25, -0.2) is 9.18 Å². The minimum Gasteiger partial charge on any atom is -0.497 e. The summed E-state index contributed by atoms with van der Waals surface area (Å²) in [6.07, 6.45) is 9.33. The molecule has 2 heterocycles. The average Bonchev–Trinajstić information content (AvgIpc) is 3.73. The first-order valence-electron chi connectivity index (χ1n) is 13.6. The summed E-state index contributed by atoms with van der Waals surface area (Å²) in [6, 6.07) is 5.15. The van der Waals surface area contributed by atoms with E-state index in [1.54, 1.807) is 19.3 Å². The number of hydrogen-bond acceptors (Lipinski definition) is 5. The van der Waals surface area contributed by atoms with E-state index in [1.165, 1.54) is 6.07 Å². The predicted molar refractivity (Wildman–Crippen MR) is 150 cm³/mol. The highest BCUT2D eigenvalue weighted by atomic mass is 19.1. The Morgan fingerprint density at radius 2 is 2.05 bits per heavy atom. The van der Waals surface area contributed by atoms with Crippen LogP contribution >= 0.6 is 0 Å². The van der Waals surface area contributed by atoms with Crippen LogP contribution in [0.1, 0.15) is 57.1 Å². The van der Waals surface area contributed by atoms with Crippen molar-refractivity contribution >= 4 is 11.9 Å². The highest BCUT2D eigenvalue weighted by molar-refractivity contribution is 5.91. The highest BCUT2D eigenvalue weighted by Crippen LogP contribution is 2.53. The van der Waals surface area contributed by atoms with Gasteiger partial charge in [0.2, 0.25) is 5.91 Å². The number of ether oxygens (including phenoxy) is 2. The average molecular weight is 535 g/mol. The van der Waals surface area contributed by atoms with Crippen molar-refractivity contribution in [2.75, 3.05) is 26.8 Å². The monoisotopic (exact) mass is 534 g/mol. The number of cyclic esters (lactones) is 1. The molecule has 1 fully saturated rings. The predicted octanol–water partition coefficient (Wildman–Crippen LogP) is 5.81. The van der Waals surface area contributed by atoms with Gasteiger partial charge >= 0.3 is 5.97 Å². The van der Waals surface area contributed by atoms with Gasteiger partial charge in [0.15, 0.2) is 0 Å². The lowest BCUT2D eigenvalue weighted by molar-refractivity contribution is -0.140. The lowest BCUT2D eigenvalue weighted by Crippen LogP contribution is -2.43. The number of benzene rings is 1. The fourth-order valence-electron chi connectivity index (χ4n) is 5.35. The third-order valence-corrected chi connectivity index (χ3v) is 8.02. The molecule has 3 aliphatic rings. The molecule has 0 aromatic heterocycles. The van der Waals surface area contributed by atoms with Crippen molar-refractivity contribution < 1.29 is 23.5 Å². The molecule has 0 atom stereocenters. The van der Waals surface area contributed by atoms with Gasteiger partial charge in [0, 0.05) is 30.8 Å². The van der Waals surface area contributed by atoms with Gasteiger partial charge in [0.25, 0.3) is 0 Å². The number of allylic oxidation sites excluding steroid dienone is 4. The maximum Gasteiger partial charge on any atom is 0.336 e. The van der Waals surface area contributed by atoms with Crippen molar-refractivity contribution in [2.45, 2.75) is 59.3 Å². The van der Waals surface area contributed by atoms with Gasteiger partial charge in [-0.2, -0.15) is 0 Å². The minimum absolute atomic E-state index is 0.0804. The highest BCUT2D eigenvalue weighted by Gasteiger charge is 2.52. The number of dihydropyridines is 1. The zero-order valence-electron chi connectivity index (χ0n) is 23.5. The van der Waals surface area contributed by atoms with Crippen molar-refractivity contribution in [1.82, 2.24) is 10.2 Å². The number of carbonyl (C=O) groups is 2. The number of esters is 1. The first-order valence-corrected chi connectivity index (χ1v) is 13.6. The summed E-state index contributed by atoms with van der Waals surface area (Å²) < 4.78 is 24.9. The molecule has 1 N–H and O–H groups in total. The smallest absolute Gasteiger partial charge is 0.336 e. The molecule has 0 radical (unpaired) electrons. The van der Waals surface area contributed by atoms with Crippen LogP contribution in [0.5, 0.6) is 0 Å². The normalized spacial score (nSPS) is 18.7. The Bertz CT molecular complexity index is 1280. The van der Waals surface area contributed by atoms with Gasteiger partial charge in [-0.1, -0.05) is 35.9 Å². The van der Waals surface area contributed by atoms with Crippen LogP contribution in [0.25, 0.3) is 0 Å². The molecule has 1 aliphatic carbocycles. The molecule has 1 saturated carbocycles. The number of halogens is 1. The second-order valence-corrected chi connectivity index (χ2v) is 10.7. The van der Waals surface area contributed by atoms with Crippen LogP contribution in [0.3, 0.4) is 0 Å². The molecule has 39 heavy (non-hydrogen) atoms. The summed E-state index contributed by atoms with van der Waals surface area (Å²) in [5, 5.41) is 3.45. The lowest BCUT2D eigenvalue weighted by atomic mass is 9.93. The van der Waals surface area contributed by atoms with Crippen LogP contribution in [-0.4, -0.2) is 43.6 Å². The summed E-state index contributed by atoms with van der Waals surface area (Å²) in [5.74, 6) is 0.236. The van der Waals surface area contributed by atoms with Crippen molar-refractivity contribution in [3.05, 3.63) is 93.8 Å². The molecule has 6 nitrogen and oxygen atoms in total. The van der Waals surface area contributed by atoms with Crippen LogP contribution in [0, 0.1) is 18.2 Å². The van der Waals surface area contributed by atoms with Gasteiger partial charge in [-0.05, 0) is 75.8 Å². The molecule has 0 unspecified atom stereocenters. The molecule has 1 aromatic carbocycles. The van der Waals surface area contributed by atoms with Crippen molar-refractivity contribution in [2.24, 2.45) is 5.41 Å². The van der Waals surface area contributed by atoms with Gasteiger partial charge in [0.1, 0.15) is 11.6 Å². The van der Waals surface area contributed by atoms with E-state index in [-0.39, 0.29) is 17.7 Å². The topological polar surface area (TPSA) is 67.9 Å². The maximum atomic E-state index is 14.4. The lowest BCUT2D eigenvalue weighted by Gasteiger charge is -2.33. The number of methoxy groups -OCH3 is 1. The van der Waals surface area contributed by atoms with E-state index in [9.17, 15) is 14.0 Å². The number of aryl methyl sites for hydroxylation is 2. The number of nitrogens with one attached hydrogen (secondary N) is 1. The molecule has 1 aromatic rings. The Morgan fingerprint density at radius 3 is 2.74 bits per heavy atom. The Hall–Kier alpha value is -3.61. The second-order valence-electron chi connectivity index (χ2n) is 10.7. The number of amides is 1. The summed E-state index contributed by atoms with van der Waals surface area (Å²) in [6.45, 7) is 11.0. The van der Waals surface area contributed by atoms with Crippen molar-refractivity contribution in [1.29, 1.82) is 0 Å². The summed E-state index contributed by atoms with van der Waals surface area (Å²) in [5.41, 5.74) is 5.66. The van der Waals surface area contributed by atoms with E-state index in [0.29, 0.717) is 62.3 Å². The standard InChI is InChI=1S/C32H39FN2O4/c1-6-25(38-5)11-10-23(4)32(14-15-32)31(37)35(16-7-8-24-18-21(2)9-12-27(24)33)20-29-22(3)19-26-28(34-29)13-17-39-30(26)36/h6,9-12,18,34H,1,7-8,13-17,19-20H2,2-5H3/b23-10+,25-11+. The van der Waals surface area contributed by atoms with Crippen molar-refractivity contribution in [3.8, 4) is 0 Å². The number of carbonyl (C=O) groups excluding carboxylic acids is 2. The van der Waals surface area contributed by atoms with E-state index in [0.717, 1.165) is 40.9 Å². The molecular weight excluding hydrogens is 495 g/mol. The largest absolute Gasteiger partial charge is 0.497 e. The third kappa shape index (κ3) is 6.35. The first-order chi connectivity index (χ1) is 18.7. The van der Waals surface area contributed by atoms with E-state index in [1.807, 2.05) is 43.9 Å². The number of nitrogens with zero attached hydrogens (tertiary/aromatic N) is 1. The van der Waals surface area contributed by atoms with E-state index < -0.39 is 5.41 Å². The van der Waals surface area contributed by atoms with Gasteiger partial charge in [-0.3, -0.25) is 4.79 Å². The molecule has 7 heteroatoms. The Morgan fingerprint density at radius 1 is 1.28 bits per heavy atom. The van der Waals surface area contributed by atoms with Gasteiger partial charge in [0.05, 0.1) is 31.2 Å². The maximum absolute atomic E-state index is 14.4. The SMILES string of the molecule is C=C/C(=C\C=C(/C)C1(C(=O)N(CCCc2cc(C)ccc2F)CC2=C(C)CC3=C(CCOC3=O)N2)CC1)OC. The fourth-order valence-corrected chi connectivity index (χ4v) is 5.35. The molecule has 0 saturated heterocycles. The summed E-state index contributed by atoms with van der Waals surface area (Å²) in [4.78, 5) is 28.3.